The minimum atomic E-state index is -4.21. The van der Waals surface area contributed by atoms with Crippen molar-refractivity contribution < 1.29 is 51.6 Å². The van der Waals surface area contributed by atoms with E-state index in [0.717, 1.165) is 16.7 Å². The average molecular weight is 741 g/mol. The molecule has 284 valence electrons. The summed E-state index contributed by atoms with van der Waals surface area (Å²) < 4.78 is 62.8. The Kier molecular flexibility index (Phi) is 15.2. The van der Waals surface area contributed by atoms with Gasteiger partial charge in [-0.3, -0.25) is 23.2 Å². The van der Waals surface area contributed by atoms with Crippen molar-refractivity contribution in [3.63, 3.8) is 0 Å². The summed E-state index contributed by atoms with van der Waals surface area (Å²) in [5.74, 6) is -1.12. The lowest BCUT2D eigenvalue weighted by Gasteiger charge is -2.46. The maximum Gasteiger partial charge on any atom is 0.339 e. The number of carbonyl (C=O) groups excluding carboxylic acids is 2. The van der Waals surface area contributed by atoms with E-state index >= 15 is 0 Å². The molecule has 0 N–H and O–H groups in total. The first-order valence-electron chi connectivity index (χ1n) is 17.5. The van der Waals surface area contributed by atoms with Crippen molar-refractivity contribution in [1.29, 1.82) is 0 Å². The summed E-state index contributed by atoms with van der Waals surface area (Å²) in [5.41, 5.74) is 1.17. The van der Waals surface area contributed by atoms with Crippen LogP contribution in [0.25, 0.3) is 0 Å². The smallest absolute Gasteiger partial charge is 0.339 e. The molecule has 0 unspecified atom stereocenters. The maximum atomic E-state index is 14.5. The average Bonchev–Trinajstić information content (AvgIpc) is 3.10. The van der Waals surface area contributed by atoms with E-state index in [4.69, 9.17) is 37.5 Å². The number of ether oxygens (including phenoxy) is 6. The van der Waals surface area contributed by atoms with Gasteiger partial charge in [0.15, 0.2) is 0 Å². The summed E-state index contributed by atoms with van der Waals surface area (Å²) in [4.78, 5) is 25.0. The first-order chi connectivity index (χ1) is 24.6. The topological polar surface area (TPSA) is 125 Å². The third-order valence-corrected chi connectivity index (χ3v) is 10.0. The van der Waals surface area contributed by atoms with Crippen LogP contribution in [0.1, 0.15) is 65.2 Å². The van der Waals surface area contributed by atoms with E-state index in [0.29, 0.717) is 6.61 Å². The number of esters is 2. The number of benzene rings is 3. The second kappa shape index (κ2) is 19.1. The lowest BCUT2D eigenvalue weighted by molar-refractivity contribution is -0.257. The summed E-state index contributed by atoms with van der Waals surface area (Å²) in [6.07, 6.45) is -3.95. The summed E-state index contributed by atoms with van der Waals surface area (Å²) in [5, 5.41) is 0. The molecule has 3 aromatic carbocycles. The first kappa shape index (κ1) is 41.3. The van der Waals surface area contributed by atoms with Crippen molar-refractivity contribution in [2.24, 2.45) is 10.8 Å². The Morgan fingerprint density at radius 2 is 0.962 bits per heavy atom. The van der Waals surface area contributed by atoms with Gasteiger partial charge in [-0.15, -0.1) is 0 Å². The molecule has 0 saturated carbocycles. The van der Waals surface area contributed by atoms with Gasteiger partial charge < -0.3 is 28.4 Å². The minimum absolute atomic E-state index is 0.189. The van der Waals surface area contributed by atoms with Crippen LogP contribution in [0.2, 0.25) is 0 Å². The molecule has 11 nitrogen and oxygen atoms in total. The molecule has 3 aromatic rings. The molecule has 1 heterocycles. The van der Waals surface area contributed by atoms with Gasteiger partial charge in [-0.25, -0.2) is 0 Å². The van der Waals surface area contributed by atoms with Crippen molar-refractivity contribution >= 4 is 19.5 Å². The molecule has 1 aliphatic rings. The Morgan fingerprint density at radius 1 is 0.596 bits per heavy atom. The minimum Gasteiger partial charge on any atom is -0.438 e. The quantitative estimate of drug-likeness (QED) is 0.0763. The van der Waals surface area contributed by atoms with Crippen LogP contribution in [-0.4, -0.2) is 62.2 Å². The number of carbonyl (C=O) groups is 2. The molecular weight excluding hydrogens is 687 g/mol. The Bertz CT molecular complexity index is 1540. The normalized spacial score (nSPS) is 21.0. The number of hydrogen-bond donors (Lipinski definition) is 0. The van der Waals surface area contributed by atoms with Gasteiger partial charge in [0.05, 0.1) is 49.0 Å². The Morgan fingerprint density at radius 3 is 1.35 bits per heavy atom. The Hall–Kier alpha value is -3.41. The molecule has 52 heavy (non-hydrogen) atoms. The van der Waals surface area contributed by atoms with Gasteiger partial charge in [0.2, 0.25) is 13.6 Å². The number of rotatable bonds is 17. The molecule has 1 fully saturated rings. The SMILES string of the molecule is C[C@@H]1O[C@H](CP(=O)(OCOC(=O)C(C)(C)C)OCOC(=O)C(C)(C)C)[C@@H](OCc2ccccc2)[C@H](OCc2ccccc2)[C@@H]1OCc1ccccc1. The molecule has 0 aromatic heterocycles. The molecule has 0 amide bonds. The van der Waals surface area contributed by atoms with Crippen LogP contribution in [0.3, 0.4) is 0 Å². The number of hydrogen-bond acceptors (Lipinski definition) is 11. The van der Waals surface area contributed by atoms with Crippen LogP contribution in [-0.2, 0) is 71.4 Å². The molecule has 4 rings (SSSR count). The van der Waals surface area contributed by atoms with Gasteiger partial charge >= 0.3 is 19.5 Å². The van der Waals surface area contributed by atoms with Crippen LogP contribution in [0.4, 0.5) is 0 Å². The lowest BCUT2D eigenvalue weighted by Crippen LogP contribution is -2.60. The molecule has 12 heteroatoms. The zero-order valence-electron chi connectivity index (χ0n) is 31.2. The fourth-order valence-electron chi connectivity index (χ4n) is 5.28. The van der Waals surface area contributed by atoms with Crippen LogP contribution in [0, 0.1) is 10.8 Å². The van der Waals surface area contributed by atoms with Gasteiger partial charge in [-0.2, -0.15) is 0 Å². The second-order valence-corrected chi connectivity index (χ2v) is 16.9. The van der Waals surface area contributed by atoms with Crippen LogP contribution in [0.15, 0.2) is 91.0 Å². The van der Waals surface area contributed by atoms with Crippen LogP contribution in [0.5, 0.6) is 0 Å². The molecule has 1 saturated heterocycles. The van der Waals surface area contributed by atoms with Crippen molar-refractivity contribution in [3.05, 3.63) is 108 Å². The molecule has 0 radical (unpaired) electrons. The van der Waals surface area contributed by atoms with Crippen molar-refractivity contribution in [2.75, 3.05) is 19.7 Å². The highest BCUT2D eigenvalue weighted by Gasteiger charge is 2.49. The zero-order chi connectivity index (χ0) is 37.8. The highest BCUT2D eigenvalue weighted by molar-refractivity contribution is 7.53. The highest BCUT2D eigenvalue weighted by Crippen LogP contribution is 2.51. The fraction of sp³-hybridized carbons (Fsp3) is 0.500. The lowest BCUT2D eigenvalue weighted by atomic mass is 9.95. The summed E-state index contributed by atoms with van der Waals surface area (Å²) >= 11 is 0. The Balaban J connectivity index is 1.65. The maximum absolute atomic E-state index is 14.5. The van der Waals surface area contributed by atoms with E-state index in [1.165, 1.54) is 0 Å². The third kappa shape index (κ3) is 12.9. The summed E-state index contributed by atoms with van der Waals surface area (Å²) in [7, 11) is -4.21. The third-order valence-electron chi connectivity index (χ3n) is 8.23. The zero-order valence-corrected chi connectivity index (χ0v) is 32.1. The van der Waals surface area contributed by atoms with Gasteiger partial charge in [0.1, 0.15) is 18.3 Å². The van der Waals surface area contributed by atoms with Crippen molar-refractivity contribution in [2.45, 2.75) is 98.8 Å². The molecule has 0 spiro atoms. The van der Waals surface area contributed by atoms with Crippen LogP contribution >= 0.6 is 7.60 Å². The standard InChI is InChI=1S/C40H53O11P/c1-29-34(44-23-30-17-11-8-12-18-30)36(46-25-32-21-15-10-16-22-32)35(45-24-31-19-13-9-14-20-31)33(51-29)26-52(43,49-27-47-37(41)39(2,3)4)50-28-48-38(42)40(5,6)7/h8-22,29,33-36H,23-28H2,1-7H3/t29-,33+,34+,35+,36+/m0/s1. The van der Waals surface area contributed by atoms with Gasteiger partial charge in [-0.05, 0) is 65.2 Å². The first-order valence-corrected chi connectivity index (χ1v) is 19.2. The predicted octanol–water partition coefficient (Wildman–Crippen LogP) is 7.85. The van der Waals surface area contributed by atoms with E-state index in [1.807, 2.05) is 97.9 Å². The summed E-state index contributed by atoms with van der Waals surface area (Å²) in [6.45, 7) is 11.4. The molecule has 5 atom stereocenters. The Labute approximate surface area is 307 Å². The molecular formula is C40H53O11P. The molecule has 0 bridgehead atoms. The fourth-order valence-corrected chi connectivity index (χ4v) is 6.73. The van der Waals surface area contributed by atoms with Crippen molar-refractivity contribution in [1.82, 2.24) is 0 Å². The predicted molar refractivity (Wildman–Crippen MR) is 195 cm³/mol. The van der Waals surface area contributed by atoms with Gasteiger partial charge in [0, 0.05) is 0 Å². The van der Waals surface area contributed by atoms with Crippen LogP contribution < -0.4 is 0 Å². The largest absolute Gasteiger partial charge is 0.438 e. The van der Waals surface area contributed by atoms with E-state index < -0.39 is 74.5 Å². The van der Waals surface area contributed by atoms with Crippen molar-refractivity contribution in [3.8, 4) is 0 Å². The molecule has 1 aliphatic heterocycles. The highest BCUT2D eigenvalue weighted by atomic mass is 31.2. The second-order valence-electron chi connectivity index (χ2n) is 14.8. The van der Waals surface area contributed by atoms with E-state index in [2.05, 4.69) is 0 Å². The van der Waals surface area contributed by atoms with E-state index in [9.17, 15) is 14.2 Å². The monoisotopic (exact) mass is 740 g/mol. The summed E-state index contributed by atoms with van der Waals surface area (Å²) in [6, 6.07) is 29.1. The van der Waals surface area contributed by atoms with E-state index in [-0.39, 0.29) is 19.4 Å². The van der Waals surface area contributed by atoms with Gasteiger partial charge in [-0.1, -0.05) is 91.0 Å². The van der Waals surface area contributed by atoms with E-state index in [1.54, 1.807) is 41.5 Å². The molecule has 0 aliphatic carbocycles. The van der Waals surface area contributed by atoms with Gasteiger partial charge in [0.25, 0.3) is 0 Å².